The molecule has 1 heterocycles. The van der Waals surface area contributed by atoms with Gasteiger partial charge in [-0.05, 0) is 48.4 Å². The summed E-state index contributed by atoms with van der Waals surface area (Å²) in [5, 5.41) is 3.20. The number of ether oxygens (including phenoxy) is 1. The van der Waals surface area contributed by atoms with Gasteiger partial charge in [-0.1, -0.05) is 41.9 Å². The zero-order valence-corrected chi connectivity index (χ0v) is 18.3. The largest absolute Gasteiger partial charge is 0.482 e. The first-order valence-electron chi connectivity index (χ1n) is 10.0. The lowest BCUT2D eigenvalue weighted by Gasteiger charge is -2.28. The number of para-hydroxylation sites is 1. The number of amides is 2. The van der Waals surface area contributed by atoms with Gasteiger partial charge in [0.2, 0.25) is 5.91 Å². The van der Waals surface area contributed by atoms with Crippen LogP contribution in [0.1, 0.15) is 18.1 Å². The van der Waals surface area contributed by atoms with E-state index in [1.165, 1.54) is 17.0 Å². The average molecular weight is 456 g/mol. The van der Waals surface area contributed by atoms with Crippen molar-refractivity contribution in [2.75, 3.05) is 6.61 Å². The van der Waals surface area contributed by atoms with E-state index in [2.05, 4.69) is 10.3 Å². The summed E-state index contributed by atoms with van der Waals surface area (Å²) in [7, 11) is 0. The standard InChI is InChI=1S/C24H23ClFN3O3/c1-17(24(31)28-14-19-5-4-12-27-13-19)29(15-18-8-10-20(26)11-9-18)23(30)16-32-22-7-3-2-6-21(22)25/h2-13,17H,14-16H2,1H3,(H,28,31)/t17-/m1/s1. The minimum atomic E-state index is -0.793. The van der Waals surface area contributed by atoms with Gasteiger partial charge in [-0.15, -0.1) is 0 Å². The van der Waals surface area contributed by atoms with Crippen molar-refractivity contribution in [1.82, 2.24) is 15.2 Å². The molecular weight excluding hydrogens is 433 g/mol. The average Bonchev–Trinajstić information content (AvgIpc) is 2.81. The van der Waals surface area contributed by atoms with Crippen LogP contribution in [0.5, 0.6) is 5.75 Å². The SMILES string of the molecule is C[C@H](C(=O)NCc1cccnc1)N(Cc1ccc(F)cc1)C(=O)COc1ccccc1Cl. The Morgan fingerprint density at radius 1 is 1.09 bits per heavy atom. The van der Waals surface area contributed by atoms with Crippen molar-refractivity contribution in [3.8, 4) is 5.75 Å². The van der Waals surface area contributed by atoms with Crippen molar-refractivity contribution in [3.63, 3.8) is 0 Å². The van der Waals surface area contributed by atoms with Crippen LogP contribution in [0.25, 0.3) is 0 Å². The minimum Gasteiger partial charge on any atom is -0.482 e. The van der Waals surface area contributed by atoms with Gasteiger partial charge in [0.05, 0.1) is 5.02 Å². The van der Waals surface area contributed by atoms with Crippen molar-refractivity contribution in [1.29, 1.82) is 0 Å². The highest BCUT2D eigenvalue weighted by atomic mass is 35.5. The van der Waals surface area contributed by atoms with Gasteiger partial charge in [-0.25, -0.2) is 4.39 Å². The minimum absolute atomic E-state index is 0.118. The van der Waals surface area contributed by atoms with Crippen LogP contribution in [0.3, 0.4) is 0 Å². The maximum absolute atomic E-state index is 13.3. The topological polar surface area (TPSA) is 71.5 Å². The first-order chi connectivity index (χ1) is 15.4. The smallest absolute Gasteiger partial charge is 0.261 e. The first kappa shape index (κ1) is 23.2. The van der Waals surface area contributed by atoms with Crippen molar-refractivity contribution >= 4 is 23.4 Å². The predicted molar refractivity (Wildman–Crippen MR) is 119 cm³/mol. The van der Waals surface area contributed by atoms with E-state index < -0.39 is 11.9 Å². The van der Waals surface area contributed by atoms with Crippen LogP contribution in [0, 0.1) is 5.82 Å². The molecule has 0 unspecified atom stereocenters. The van der Waals surface area contributed by atoms with E-state index in [0.717, 1.165) is 5.56 Å². The summed E-state index contributed by atoms with van der Waals surface area (Å²) >= 11 is 6.09. The molecule has 2 aromatic carbocycles. The first-order valence-corrected chi connectivity index (χ1v) is 10.4. The Hall–Kier alpha value is -3.45. The highest BCUT2D eigenvalue weighted by Crippen LogP contribution is 2.23. The van der Waals surface area contributed by atoms with Crippen molar-refractivity contribution < 1.29 is 18.7 Å². The molecule has 0 fully saturated rings. The molecule has 32 heavy (non-hydrogen) atoms. The summed E-state index contributed by atoms with van der Waals surface area (Å²) in [6, 6.07) is 15.4. The van der Waals surface area contributed by atoms with Crippen LogP contribution >= 0.6 is 11.6 Å². The molecule has 3 aromatic rings. The summed E-state index contributed by atoms with van der Waals surface area (Å²) in [4.78, 5) is 31.2. The van der Waals surface area contributed by atoms with Crippen molar-refractivity contribution in [2.24, 2.45) is 0 Å². The third-order valence-electron chi connectivity index (χ3n) is 4.81. The van der Waals surface area contributed by atoms with Crippen LogP contribution in [0.15, 0.2) is 73.1 Å². The zero-order valence-electron chi connectivity index (χ0n) is 17.5. The molecule has 0 bridgehead atoms. The number of halogens is 2. The van der Waals surface area contributed by atoms with Gasteiger partial charge in [0.25, 0.3) is 5.91 Å². The number of aromatic nitrogens is 1. The molecule has 8 heteroatoms. The number of carbonyl (C=O) groups excluding carboxylic acids is 2. The van der Waals surface area contributed by atoms with Gasteiger partial charge in [0.1, 0.15) is 17.6 Å². The number of rotatable bonds is 9. The third kappa shape index (κ3) is 6.52. The third-order valence-corrected chi connectivity index (χ3v) is 5.12. The predicted octanol–water partition coefficient (Wildman–Crippen LogP) is 3.99. The molecule has 166 valence electrons. The maximum Gasteiger partial charge on any atom is 0.261 e. The molecule has 0 radical (unpaired) electrons. The van der Waals surface area contributed by atoms with Gasteiger partial charge in [-0.2, -0.15) is 0 Å². The Bertz CT molecular complexity index is 1050. The molecule has 1 atom stereocenters. The fourth-order valence-corrected chi connectivity index (χ4v) is 3.18. The lowest BCUT2D eigenvalue weighted by molar-refractivity contribution is -0.142. The Morgan fingerprint density at radius 3 is 2.53 bits per heavy atom. The van der Waals surface area contributed by atoms with Crippen LogP contribution < -0.4 is 10.1 Å². The second-order valence-electron chi connectivity index (χ2n) is 7.12. The Kier molecular flexibility index (Phi) is 8.16. The summed E-state index contributed by atoms with van der Waals surface area (Å²) in [6.45, 7) is 1.73. The fourth-order valence-electron chi connectivity index (χ4n) is 2.99. The number of nitrogens with zero attached hydrogens (tertiary/aromatic N) is 2. The Morgan fingerprint density at radius 2 is 1.84 bits per heavy atom. The van der Waals surface area contributed by atoms with Crippen LogP contribution in [-0.2, 0) is 22.7 Å². The number of carbonyl (C=O) groups is 2. The zero-order chi connectivity index (χ0) is 22.9. The van der Waals surface area contributed by atoms with Gasteiger partial charge in [0, 0.05) is 25.5 Å². The van der Waals surface area contributed by atoms with Crippen LogP contribution in [0.4, 0.5) is 4.39 Å². The van der Waals surface area contributed by atoms with Gasteiger partial charge < -0.3 is 15.0 Å². The van der Waals surface area contributed by atoms with Crippen molar-refractivity contribution in [3.05, 3.63) is 95.0 Å². The Labute approximate surface area is 191 Å². The molecule has 0 saturated carbocycles. The Balaban J connectivity index is 1.71. The maximum atomic E-state index is 13.3. The summed E-state index contributed by atoms with van der Waals surface area (Å²) in [5.41, 5.74) is 1.52. The highest BCUT2D eigenvalue weighted by Gasteiger charge is 2.26. The van der Waals surface area contributed by atoms with E-state index in [1.807, 2.05) is 6.07 Å². The molecule has 0 saturated heterocycles. The lowest BCUT2D eigenvalue weighted by atomic mass is 10.1. The highest BCUT2D eigenvalue weighted by molar-refractivity contribution is 6.32. The molecular formula is C24H23ClFN3O3. The summed E-state index contributed by atoms with van der Waals surface area (Å²) in [5.74, 6) is -0.741. The van der Waals surface area contributed by atoms with E-state index in [4.69, 9.17) is 16.3 Å². The molecule has 2 amide bonds. The van der Waals surface area contributed by atoms with E-state index >= 15 is 0 Å². The number of pyridine rings is 1. The summed E-state index contributed by atoms with van der Waals surface area (Å²) < 4.78 is 18.9. The molecule has 0 aliphatic rings. The van der Waals surface area contributed by atoms with Gasteiger partial charge in [-0.3, -0.25) is 14.6 Å². The number of hydrogen-bond donors (Lipinski definition) is 1. The molecule has 0 spiro atoms. The summed E-state index contributed by atoms with van der Waals surface area (Å²) in [6.07, 6.45) is 3.31. The second kappa shape index (κ2) is 11.2. The molecule has 0 aliphatic heterocycles. The quantitative estimate of drug-likeness (QED) is 0.529. The van der Waals surface area contributed by atoms with Crippen LogP contribution in [0.2, 0.25) is 5.02 Å². The van der Waals surface area contributed by atoms with Crippen LogP contribution in [-0.4, -0.2) is 34.3 Å². The second-order valence-corrected chi connectivity index (χ2v) is 7.53. The van der Waals surface area contributed by atoms with E-state index in [1.54, 1.807) is 61.8 Å². The van der Waals surface area contributed by atoms with E-state index in [-0.39, 0.29) is 31.4 Å². The lowest BCUT2D eigenvalue weighted by Crippen LogP contribution is -2.48. The van der Waals surface area contributed by atoms with Gasteiger partial charge in [0.15, 0.2) is 6.61 Å². The van der Waals surface area contributed by atoms with E-state index in [9.17, 15) is 14.0 Å². The monoisotopic (exact) mass is 455 g/mol. The number of nitrogens with one attached hydrogen (secondary N) is 1. The molecule has 1 N–H and O–H groups in total. The number of hydrogen-bond acceptors (Lipinski definition) is 4. The molecule has 0 aliphatic carbocycles. The molecule has 6 nitrogen and oxygen atoms in total. The molecule has 1 aromatic heterocycles. The van der Waals surface area contributed by atoms with Crippen molar-refractivity contribution in [2.45, 2.75) is 26.1 Å². The molecule has 3 rings (SSSR count). The van der Waals surface area contributed by atoms with E-state index in [0.29, 0.717) is 16.3 Å². The normalized spacial score (nSPS) is 11.5. The number of benzene rings is 2. The fraction of sp³-hybridized carbons (Fsp3) is 0.208. The van der Waals surface area contributed by atoms with Gasteiger partial charge >= 0.3 is 0 Å².